The first kappa shape index (κ1) is 15.6. The van der Waals surface area contributed by atoms with E-state index in [9.17, 15) is 18.5 Å². The Labute approximate surface area is 125 Å². The van der Waals surface area contributed by atoms with Gasteiger partial charge in [-0.25, -0.2) is 13.1 Å². The van der Waals surface area contributed by atoms with Crippen LogP contribution in [0, 0.1) is 16.0 Å². The molecule has 0 spiro atoms. The van der Waals surface area contributed by atoms with E-state index in [1.54, 1.807) is 0 Å². The molecular weight excluding hydrogens is 326 g/mol. The van der Waals surface area contributed by atoms with Crippen LogP contribution in [0.15, 0.2) is 10.3 Å². The molecule has 1 aromatic heterocycles. The molecule has 0 amide bonds. The Morgan fingerprint density at radius 2 is 2.15 bits per heavy atom. The molecule has 0 radical (unpaired) electrons. The van der Waals surface area contributed by atoms with Crippen molar-refractivity contribution < 1.29 is 13.3 Å². The van der Waals surface area contributed by atoms with Crippen molar-refractivity contribution in [2.75, 3.05) is 19.6 Å². The van der Waals surface area contributed by atoms with Gasteiger partial charge in [0.25, 0.3) is 5.69 Å². The highest BCUT2D eigenvalue weighted by molar-refractivity contribution is 7.91. The number of nitrogens with zero attached hydrogens (tertiary/aromatic N) is 1. The average molecular weight is 340 g/mol. The Bertz CT molecular complexity index is 596. The van der Waals surface area contributed by atoms with E-state index in [1.165, 1.54) is 0 Å². The van der Waals surface area contributed by atoms with Crippen LogP contribution in [0.4, 0.5) is 5.69 Å². The Hall–Kier alpha value is -0.740. The number of halogens is 1. The first-order chi connectivity index (χ1) is 9.40. The monoisotopic (exact) mass is 339 g/mol. The molecule has 7 nitrogen and oxygen atoms in total. The van der Waals surface area contributed by atoms with Gasteiger partial charge in [-0.15, -0.1) is 11.3 Å². The van der Waals surface area contributed by atoms with E-state index in [2.05, 4.69) is 10.0 Å². The van der Waals surface area contributed by atoms with Crippen LogP contribution in [-0.4, -0.2) is 33.0 Å². The predicted molar refractivity (Wildman–Crippen MR) is 76.8 cm³/mol. The average Bonchev–Trinajstić information content (AvgIpc) is 2.81. The minimum atomic E-state index is -3.74. The van der Waals surface area contributed by atoms with Crippen LogP contribution in [0.25, 0.3) is 0 Å². The maximum Gasteiger partial charge on any atom is 0.300 e. The van der Waals surface area contributed by atoms with E-state index in [0.717, 1.165) is 32.0 Å². The zero-order chi connectivity index (χ0) is 14.8. The number of rotatable bonds is 5. The van der Waals surface area contributed by atoms with Crippen molar-refractivity contribution in [3.63, 3.8) is 0 Å². The van der Waals surface area contributed by atoms with Crippen LogP contribution < -0.4 is 10.0 Å². The molecule has 1 aliphatic heterocycles. The highest BCUT2D eigenvalue weighted by Crippen LogP contribution is 2.36. The lowest BCUT2D eigenvalue weighted by atomic mass is 9.99. The van der Waals surface area contributed by atoms with Gasteiger partial charge in [0.05, 0.1) is 4.92 Å². The van der Waals surface area contributed by atoms with E-state index in [0.29, 0.717) is 17.9 Å². The summed E-state index contributed by atoms with van der Waals surface area (Å²) in [7, 11) is -3.74. The highest BCUT2D eigenvalue weighted by atomic mass is 35.5. The molecular formula is C10H14ClN3O4S2. The Kier molecular flexibility index (Phi) is 4.97. The summed E-state index contributed by atoms with van der Waals surface area (Å²) >= 11 is 6.37. The van der Waals surface area contributed by atoms with Crippen LogP contribution in [0.3, 0.4) is 0 Å². The van der Waals surface area contributed by atoms with E-state index < -0.39 is 14.9 Å². The Morgan fingerprint density at radius 1 is 1.50 bits per heavy atom. The smallest absolute Gasteiger partial charge is 0.300 e. The minimum Gasteiger partial charge on any atom is -0.317 e. The number of nitrogens with one attached hydrogen (secondary N) is 2. The van der Waals surface area contributed by atoms with E-state index in [-0.39, 0.29) is 20.2 Å². The summed E-state index contributed by atoms with van der Waals surface area (Å²) in [5.74, 6) is 0.288. The third kappa shape index (κ3) is 3.67. The molecule has 1 fully saturated rings. The summed E-state index contributed by atoms with van der Waals surface area (Å²) in [6.45, 7) is 2.10. The number of sulfonamides is 1. The molecule has 112 valence electrons. The number of hydrogen-bond acceptors (Lipinski definition) is 6. The fourth-order valence-electron chi connectivity index (χ4n) is 1.98. The maximum absolute atomic E-state index is 12.1. The van der Waals surface area contributed by atoms with Gasteiger partial charge in [-0.1, -0.05) is 11.6 Å². The van der Waals surface area contributed by atoms with Gasteiger partial charge in [0.1, 0.15) is 4.21 Å². The Balaban J connectivity index is 2.06. The van der Waals surface area contributed by atoms with Crippen LogP contribution in [0.1, 0.15) is 12.8 Å². The summed E-state index contributed by atoms with van der Waals surface area (Å²) in [6, 6.07) is 0.998. The summed E-state index contributed by atoms with van der Waals surface area (Å²) < 4.78 is 26.4. The zero-order valence-electron chi connectivity index (χ0n) is 10.5. The normalized spacial score (nSPS) is 17.2. The van der Waals surface area contributed by atoms with Crippen molar-refractivity contribution in [3.05, 3.63) is 20.5 Å². The molecule has 2 N–H and O–H groups in total. The van der Waals surface area contributed by atoms with Gasteiger partial charge in [-0.3, -0.25) is 10.1 Å². The molecule has 2 heterocycles. The molecule has 0 atom stereocenters. The fourth-order valence-corrected chi connectivity index (χ4v) is 4.81. The molecule has 1 aliphatic rings. The molecule has 20 heavy (non-hydrogen) atoms. The standard InChI is InChI=1S/C10H14ClN3O4S2/c11-10-8(14(15)16)5-9(19-10)20(17,18)13-6-7-1-3-12-4-2-7/h5,7,12-13H,1-4,6H2. The second-order valence-corrected chi connectivity index (χ2v) is 8.17. The van der Waals surface area contributed by atoms with Crippen molar-refractivity contribution in [2.24, 2.45) is 5.92 Å². The molecule has 10 heteroatoms. The van der Waals surface area contributed by atoms with Crippen LogP contribution in [0.5, 0.6) is 0 Å². The van der Waals surface area contributed by atoms with E-state index in [1.807, 2.05) is 0 Å². The topological polar surface area (TPSA) is 101 Å². The minimum absolute atomic E-state index is 0.122. The second-order valence-electron chi connectivity index (χ2n) is 4.53. The first-order valence-electron chi connectivity index (χ1n) is 6.04. The van der Waals surface area contributed by atoms with E-state index in [4.69, 9.17) is 11.6 Å². The summed E-state index contributed by atoms with van der Waals surface area (Å²) in [4.78, 5) is 9.98. The third-order valence-electron chi connectivity index (χ3n) is 3.13. The van der Waals surface area contributed by atoms with Crippen molar-refractivity contribution in [1.82, 2.24) is 10.0 Å². The van der Waals surface area contributed by atoms with Gasteiger partial charge in [-0.05, 0) is 31.8 Å². The molecule has 1 saturated heterocycles. The van der Waals surface area contributed by atoms with Crippen molar-refractivity contribution >= 4 is 38.6 Å². The van der Waals surface area contributed by atoms with Crippen molar-refractivity contribution in [3.8, 4) is 0 Å². The molecule has 0 aliphatic carbocycles. The Morgan fingerprint density at radius 3 is 2.70 bits per heavy atom. The van der Waals surface area contributed by atoms with Gasteiger partial charge in [0.2, 0.25) is 10.0 Å². The largest absolute Gasteiger partial charge is 0.317 e. The van der Waals surface area contributed by atoms with Crippen molar-refractivity contribution in [1.29, 1.82) is 0 Å². The molecule has 0 unspecified atom stereocenters. The number of nitro groups is 1. The second kappa shape index (κ2) is 6.35. The summed E-state index contributed by atoms with van der Waals surface area (Å²) in [5, 5.41) is 13.9. The summed E-state index contributed by atoms with van der Waals surface area (Å²) in [5.41, 5.74) is -0.376. The summed E-state index contributed by atoms with van der Waals surface area (Å²) in [6.07, 6.45) is 1.82. The van der Waals surface area contributed by atoms with Crippen LogP contribution in [0.2, 0.25) is 4.34 Å². The van der Waals surface area contributed by atoms with Crippen LogP contribution in [-0.2, 0) is 10.0 Å². The SMILES string of the molecule is O=[N+]([O-])c1cc(S(=O)(=O)NCC2CCNCC2)sc1Cl. The third-order valence-corrected chi connectivity index (χ3v) is 6.36. The molecule has 1 aromatic rings. The lowest BCUT2D eigenvalue weighted by Gasteiger charge is -2.22. The van der Waals surface area contributed by atoms with Crippen molar-refractivity contribution in [2.45, 2.75) is 17.1 Å². The molecule has 0 aromatic carbocycles. The van der Waals surface area contributed by atoms with Gasteiger partial charge < -0.3 is 5.32 Å². The molecule has 0 saturated carbocycles. The van der Waals surface area contributed by atoms with Gasteiger partial charge in [0, 0.05) is 12.6 Å². The van der Waals surface area contributed by atoms with Crippen LogP contribution >= 0.6 is 22.9 Å². The van der Waals surface area contributed by atoms with Gasteiger partial charge in [-0.2, -0.15) is 0 Å². The lowest BCUT2D eigenvalue weighted by molar-refractivity contribution is -0.384. The highest BCUT2D eigenvalue weighted by Gasteiger charge is 2.26. The van der Waals surface area contributed by atoms with Gasteiger partial charge in [0.15, 0.2) is 4.34 Å². The number of piperidine rings is 1. The zero-order valence-corrected chi connectivity index (χ0v) is 12.9. The molecule has 0 bridgehead atoms. The maximum atomic E-state index is 12.1. The lowest BCUT2D eigenvalue weighted by Crippen LogP contribution is -2.35. The quantitative estimate of drug-likeness (QED) is 0.626. The predicted octanol–water partition coefficient (Wildman–Crippen LogP) is 1.59. The van der Waals surface area contributed by atoms with E-state index >= 15 is 0 Å². The molecule has 2 rings (SSSR count). The first-order valence-corrected chi connectivity index (χ1v) is 8.72. The number of hydrogen-bond donors (Lipinski definition) is 2. The number of thiophene rings is 1. The van der Waals surface area contributed by atoms with Gasteiger partial charge >= 0.3 is 0 Å². The fraction of sp³-hybridized carbons (Fsp3) is 0.600.